The van der Waals surface area contributed by atoms with Crippen LogP contribution in [0.25, 0.3) is 11.6 Å². The van der Waals surface area contributed by atoms with E-state index in [1.165, 1.54) is 50.1 Å². The molecule has 54 heavy (non-hydrogen) atoms. The summed E-state index contributed by atoms with van der Waals surface area (Å²) in [7, 11) is 0. The van der Waals surface area contributed by atoms with Gasteiger partial charge in [0.15, 0.2) is 0 Å². The second-order valence-electron chi connectivity index (χ2n) is 16.7. The van der Waals surface area contributed by atoms with Crippen molar-refractivity contribution >= 4 is 69.1 Å². The Kier molecular flexibility index (Phi) is 8.04. The van der Waals surface area contributed by atoms with E-state index >= 15 is 0 Å². The van der Waals surface area contributed by atoms with E-state index in [2.05, 4.69) is 209 Å². The van der Waals surface area contributed by atoms with Gasteiger partial charge in [-0.05, 0) is 98.1 Å². The van der Waals surface area contributed by atoms with Gasteiger partial charge in [0.1, 0.15) is 0 Å². The molecule has 0 N–H and O–H groups in total. The number of furan rings is 1. The third kappa shape index (κ3) is 5.69. The summed E-state index contributed by atoms with van der Waals surface area (Å²) in [6.07, 6.45) is 4.39. The molecule has 1 aromatic heterocycles. The lowest BCUT2D eigenvalue weighted by molar-refractivity contribution is 0.552. The average molecular weight is 701 g/mol. The summed E-state index contributed by atoms with van der Waals surface area (Å²) < 4.78 is 6.83. The first kappa shape index (κ1) is 33.8. The van der Waals surface area contributed by atoms with E-state index in [0.717, 1.165) is 34.0 Å². The molecule has 2 aliphatic rings. The minimum atomic E-state index is -0.156. The molecule has 7 aromatic rings. The van der Waals surface area contributed by atoms with Crippen molar-refractivity contribution in [2.75, 3.05) is 9.80 Å². The van der Waals surface area contributed by atoms with Crippen LogP contribution < -0.4 is 26.4 Å². The Labute approximate surface area is 320 Å². The van der Waals surface area contributed by atoms with Gasteiger partial charge in [0.2, 0.25) is 0 Å². The maximum atomic E-state index is 6.83. The first-order valence-electron chi connectivity index (χ1n) is 19.0. The van der Waals surface area contributed by atoms with Crippen LogP contribution in [0, 0.1) is 0 Å². The maximum absolute atomic E-state index is 6.83. The molecule has 264 valence electrons. The second kappa shape index (κ2) is 12.8. The summed E-state index contributed by atoms with van der Waals surface area (Å²) in [5.74, 6) is 0. The topological polar surface area (TPSA) is 19.6 Å². The molecule has 0 saturated heterocycles. The van der Waals surface area contributed by atoms with Gasteiger partial charge in [-0.1, -0.05) is 151 Å². The third-order valence-electron chi connectivity index (χ3n) is 11.0. The van der Waals surface area contributed by atoms with Crippen molar-refractivity contribution < 1.29 is 4.42 Å². The molecule has 6 aromatic carbocycles. The van der Waals surface area contributed by atoms with Gasteiger partial charge >= 0.3 is 0 Å². The van der Waals surface area contributed by atoms with Crippen LogP contribution in [0.3, 0.4) is 0 Å². The Hall–Kier alpha value is -6.00. The average Bonchev–Trinajstić information content (AvgIpc) is 3.63. The van der Waals surface area contributed by atoms with Gasteiger partial charge in [-0.2, -0.15) is 0 Å². The van der Waals surface area contributed by atoms with E-state index < -0.39 is 0 Å². The van der Waals surface area contributed by atoms with Crippen LogP contribution in [0.4, 0.5) is 34.1 Å². The molecule has 0 atom stereocenters. The first-order chi connectivity index (χ1) is 26.1. The third-order valence-corrected chi connectivity index (χ3v) is 11.0. The summed E-state index contributed by atoms with van der Waals surface area (Å²) in [4.78, 5) is 4.94. The maximum Gasteiger partial charge on any atom is 0.297 e. The summed E-state index contributed by atoms with van der Waals surface area (Å²) in [6.45, 7) is 13.6. The molecule has 0 fully saturated rings. The smallest absolute Gasteiger partial charge is 0.297 e. The van der Waals surface area contributed by atoms with Crippen LogP contribution in [0.5, 0.6) is 0 Å². The Morgan fingerprint density at radius 2 is 1.09 bits per heavy atom. The van der Waals surface area contributed by atoms with E-state index in [4.69, 9.17) is 4.42 Å². The molecule has 0 aliphatic carbocycles. The Morgan fingerprint density at radius 3 is 1.69 bits per heavy atom. The number of hydrogen-bond acceptors (Lipinski definition) is 3. The minimum Gasteiger partial charge on any atom is -0.476 e. The van der Waals surface area contributed by atoms with E-state index in [-0.39, 0.29) is 17.5 Å². The molecule has 0 bridgehead atoms. The Morgan fingerprint density at radius 1 is 0.556 bits per heavy atom. The molecule has 0 spiro atoms. The van der Waals surface area contributed by atoms with Gasteiger partial charge in [-0.15, -0.1) is 0 Å². The molecule has 3 heterocycles. The van der Waals surface area contributed by atoms with Crippen molar-refractivity contribution in [3.05, 3.63) is 186 Å². The zero-order chi connectivity index (χ0) is 37.2. The van der Waals surface area contributed by atoms with Gasteiger partial charge < -0.3 is 14.2 Å². The molecule has 0 unspecified atom stereocenters. The van der Waals surface area contributed by atoms with Crippen molar-refractivity contribution in [3.63, 3.8) is 0 Å². The summed E-state index contributed by atoms with van der Waals surface area (Å²) in [5.41, 5.74) is 17.4. The number of hydrogen-bond donors (Lipinski definition) is 0. The summed E-state index contributed by atoms with van der Waals surface area (Å²) in [6, 6.07) is 55.1. The van der Waals surface area contributed by atoms with Gasteiger partial charge in [0.05, 0.1) is 17.6 Å². The summed E-state index contributed by atoms with van der Waals surface area (Å²) in [5, 5.41) is 0. The molecule has 2 aliphatic heterocycles. The van der Waals surface area contributed by atoms with Crippen molar-refractivity contribution in [2.45, 2.75) is 52.4 Å². The summed E-state index contributed by atoms with van der Waals surface area (Å²) >= 11 is 0. The van der Waals surface area contributed by atoms with E-state index in [1.54, 1.807) is 0 Å². The van der Waals surface area contributed by atoms with Crippen LogP contribution in [0.2, 0.25) is 0 Å². The highest BCUT2D eigenvalue weighted by Gasteiger charge is 2.47. The highest BCUT2D eigenvalue weighted by molar-refractivity contribution is 6.99. The highest BCUT2D eigenvalue weighted by Crippen LogP contribution is 2.48. The number of rotatable bonds is 5. The monoisotopic (exact) mass is 700 g/mol. The van der Waals surface area contributed by atoms with Crippen LogP contribution in [0.1, 0.15) is 69.4 Å². The molecule has 0 amide bonds. The molecule has 9 rings (SSSR count). The largest absolute Gasteiger partial charge is 0.476 e. The fraction of sp³-hybridized carbons (Fsp3) is 0.160. The number of benzene rings is 6. The Bertz CT molecular complexity index is 2460. The molecule has 4 heteroatoms. The lowest BCUT2D eigenvalue weighted by Crippen LogP contribution is -2.61. The first-order valence-corrected chi connectivity index (χ1v) is 19.0. The van der Waals surface area contributed by atoms with E-state index in [9.17, 15) is 0 Å². The predicted octanol–water partition coefficient (Wildman–Crippen LogP) is 11.5. The molecule has 0 radical (unpaired) electrons. The van der Waals surface area contributed by atoms with Gasteiger partial charge in [-0.25, -0.2) is 0 Å². The standard InChI is InChI=1S/C50H45BN2O/c1-49(2,3)37-26-28-39(29-27-37)53-45-32-34(30-40(35-18-10-7-11-19-35)36-20-12-8-13-21-36)31-44-46(45)51(48-47(53)41(33-54-48)50(4,5)6)42-24-16-17-25-43(42)52(44)38-22-14-9-15-23-38/h7-33H,1-6H3. The zero-order valence-corrected chi connectivity index (χ0v) is 32.0. The SMILES string of the molecule is CC(C)(C)c1ccc(N2c3cc(C=C(c4ccccc4)c4ccccc4)cc4c3B(c3ccccc3N4c3ccccc3)c3occ(C(C)(C)C)c32)cc1. The fourth-order valence-corrected chi connectivity index (χ4v) is 8.31. The van der Waals surface area contributed by atoms with Crippen LogP contribution >= 0.6 is 0 Å². The number of fused-ring (bicyclic) bond motifs is 4. The van der Waals surface area contributed by atoms with Crippen molar-refractivity contribution in [1.82, 2.24) is 0 Å². The number of para-hydroxylation sites is 2. The molecule has 3 nitrogen and oxygen atoms in total. The van der Waals surface area contributed by atoms with Crippen LogP contribution in [-0.2, 0) is 10.8 Å². The molecular weight excluding hydrogens is 655 g/mol. The minimum absolute atomic E-state index is 0.0396. The van der Waals surface area contributed by atoms with Crippen molar-refractivity contribution in [2.24, 2.45) is 0 Å². The van der Waals surface area contributed by atoms with Crippen molar-refractivity contribution in [1.29, 1.82) is 0 Å². The van der Waals surface area contributed by atoms with E-state index in [0.29, 0.717) is 0 Å². The Balaban J connectivity index is 1.39. The lowest BCUT2D eigenvalue weighted by atomic mass is 9.35. The second-order valence-corrected chi connectivity index (χ2v) is 16.7. The van der Waals surface area contributed by atoms with Gasteiger partial charge in [0, 0.05) is 34.0 Å². The van der Waals surface area contributed by atoms with Gasteiger partial charge in [0.25, 0.3) is 6.71 Å². The normalized spacial score (nSPS) is 13.3. The lowest BCUT2D eigenvalue weighted by Gasteiger charge is -2.43. The quantitative estimate of drug-likeness (QED) is 0.132. The molecular formula is C50H45BN2O. The van der Waals surface area contributed by atoms with Crippen LogP contribution in [-0.4, -0.2) is 6.71 Å². The zero-order valence-electron chi connectivity index (χ0n) is 32.0. The van der Waals surface area contributed by atoms with Crippen molar-refractivity contribution in [3.8, 4) is 0 Å². The van der Waals surface area contributed by atoms with Crippen LogP contribution in [0.15, 0.2) is 162 Å². The predicted molar refractivity (Wildman–Crippen MR) is 230 cm³/mol. The van der Waals surface area contributed by atoms with Gasteiger partial charge in [-0.3, -0.25) is 0 Å². The number of nitrogens with zero attached hydrogens (tertiary/aromatic N) is 2. The highest BCUT2D eigenvalue weighted by atomic mass is 16.3. The fourth-order valence-electron chi connectivity index (χ4n) is 8.31. The number of anilines is 6. The molecule has 0 saturated carbocycles. The van der Waals surface area contributed by atoms with E-state index in [1.807, 2.05) is 6.26 Å².